The first-order chi connectivity index (χ1) is 18.5. The van der Waals surface area contributed by atoms with E-state index in [1.54, 1.807) is 0 Å². The van der Waals surface area contributed by atoms with Gasteiger partial charge >= 0.3 is 0 Å². The van der Waals surface area contributed by atoms with Gasteiger partial charge in [0, 0.05) is 28.5 Å². The third-order valence-electron chi connectivity index (χ3n) is 11.4. The molecular formula is C35H51NO3. The number of allylic oxidation sites excluding steroid dienone is 1. The van der Waals surface area contributed by atoms with Gasteiger partial charge in [0.15, 0.2) is 0 Å². The summed E-state index contributed by atoms with van der Waals surface area (Å²) in [4.78, 5) is 13.8. The molecule has 214 valence electrons. The van der Waals surface area contributed by atoms with E-state index in [-0.39, 0.29) is 34.3 Å². The number of fused-ring (bicyclic) bond motifs is 3. The number of unbranched alkanes of at least 4 members (excludes halogenated alkanes) is 3. The monoisotopic (exact) mass is 533 g/mol. The number of rotatable bonds is 8. The van der Waals surface area contributed by atoms with Crippen LogP contribution < -0.4 is 10.1 Å². The second kappa shape index (κ2) is 9.84. The van der Waals surface area contributed by atoms with Crippen molar-refractivity contribution in [2.75, 3.05) is 0 Å². The van der Waals surface area contributed by atoms with E-state index in [1.807, 2.05) is 6.07 Å². The van der Waals surface area contributed by atoms with Crippen molar-refractivity contribution in [1.82, 2.24) is 5.32 Å². The Morgan fingerprint density at radius 3 is 2.36 bits per heavy atom. The summed E-state index contributed by atoms with van der Waals surface area (Å²) >= 11 is 0. The van der Waals surface area contributed by atoms with Crippen LogP contribution in [0.4, 0.5) is 0 Å². The third kappa shape index (κ3) is 5.04. The molecule has 1 aromatic carbocycles. The van der Waals surface area contributed by atoms with Gasteiger partial charge in [-0.2, -0.15) is 0 Å². The molecule has 4 bridgehead atoms. The molecule has 39 heavy (non-hydrogen) atoms. The quantitative estimate of drug-likeness (QED) is 0.330. The molecule has 0 spiro atoms. The van der Waals surface area contributed by atoms with Crippen molar-refractivity contribution in [3.05, 3.63) is 34.9 Å². The molecule has 4 saturated carbocycles. The van der Waals surface area contributed by atoms with E-state index >= 15 is 0 Å². The van der Waals surface area contributed by atoms with E-state index in [0.717, 1.165) is 53.0 Å². The van der Waals surface area contributed by atoms with E-state index in [9.17, 15) is 9.90 Å². The predicted octanol–water partition coefficient (Wildman–Crippen LogP) is 8.32. The van der Waals surface area contributed by atoms with Crippen molar-refractivity contribution in [3.8, 4) is 11.5 Å². The van der Waals surface area contributed by atoms with Crippen LogP contribution in [0.3, 0.4) is 0 Å². The Balaban J connectivity index is 1.23. The van der Waals surface area contributed by atoms with Crippen LogP contribution in [-0.4, -0.2) is 22.2 Å². The highest BCUT2D eigenvalue weighted by molar-refractivity contribution is 5.94. The lowest BCUT2D eigenvalue weighted by Crippen LogP contribution is -2.60. The fourth-order valence-electron chi connectivity index (χ4n) is 9.69. The van der Waals surface area contributed by atoms with Gasteiger partial charge in [-0.3, -0.25) is 4.79 Å². The van der Waals surface area contributed by atoms with Crippen LogP contribution in [0, 0.1) is 23.7 Å². The summed E-state index contributed by atoms with van der Waals surface area (Å²) < 4.78 is 6.65. The smallest absolute Gasteiger partial charge is 0.247 e. The van der Waals surface area contributed by atoms with E-state index < -0.39 is 0 Å². The summed E-state index contributed by atoms with van der Waals surface area (Å²) in [5, 5.41) is 15.1. The lowest BCUT2D eigenvalue weighted by molar-refractivity contribution is -0.123. The van der Waals surface area contributed by atoms with Gasteiger partial charge in [0.1, 0.15) is 17.1 Å². The van der Waals surface area contributed by atoms with Gasteiger partial charge in [-0.1, -0.05) is 52.5 Å². The Kier molecular flexibility index (Phi) is 6.87. The largest absolute Gasteiger partial charge is 0.508 e. The predicted molar refractivity (Wildman–Crippen MR) is 157 cm³/mol. The number of nitrogens with one attached hydrogen (secondary N) is 1. The summed E-state index contributed by atoms with van der Waals surface area (Å²) in [5.41, 5.74) is 2.62. The summed E-state index contributed by atoms with van der Waals surface area (Å²) in [7, 11) is 0. The molecule has 7 rings (SSSR count). The van der Waals surface area contributed by atoms with Crippen LogP contribution in [0.15, 0.2) is 23.8 Å². The molecule has 0 saturated heterocycles. The standard InChI is InChI=1S/C35H51NO3/c1-6-7-8-9-12-33(2,3)26-17-29(37)31-27-16-25(10-11-28(27)34(4,5)39-30(31)18-26)32(38)36-35-19-22-13-23(20-35)15-24(14-22)21-35/h10,17-18,22-24,27-28,37H,6-9,11-16,19-21H2,1-5H3,(H,36,38)/t22?,23?,24?,27-,28-,35?/m1/s1. The molecule has 1 aromatic rings. The molecule has 4 heteroatoms. The van der Waals surface area contributed by atoms with Crippen LogP contribution in [-0.2, 0) is 10.2 Å². The third-order valence-corrected chi connectivity index (χ3v) is 11.4. The molecule has 0 radical (unpaired) electrons. The van der Waals surface area contributed by atoms with Crippen molar-refractivity contribution in [3.63, 3.8) is 0 Å². The van der Waals surface area contributed by atoms with Gasteiger partial charge in [-0.15, -0.1) is 0 Å². The molecule has 4 nitrogen and oxygen atoms in total. The molecule has 2 atom stereocenters. The highest BCUT2D eigenvalue weighted by Gasteiger charge is 2.52. The second-order valence-corrected chi connectivity index (χ2v) is 15.3. The highest BCUT2D eigenvalue weighted by Crippen LogP contribution is 2.57. The van der Waals surface area contributed by atoms with Crippen LogP contribution in [0.2, 0.25) is 0 Å². The molecule has 0 aromatic heterocycles. The number of carbonyl (C=O) groups excluding carboxylic acids is 1. The zero-order chi connectivity index (χ0) is 27.6. The van der Waals surface area contributed by atoms with Crippen molar-refractivity contribution >= 4 is 5.91 Å². The van der Waals surface area contributed by atoms with E-state index in [4.69, 9.17) is 4.74 Å². The van der Waals surface area contributed by atoms with Crippen molar-refractivity contribution in [2.24, 2.45) is 23.7 Å². The van der Waals surface area contributed by atoms with Crippen molar-refractivity contribution in [1.29, 1.82) is 0 Å². The van der Waals surface area contributed by atoms with Gasteiger partial charge in [0.2, 0.25) is 5.91 Å². The van der Waals surface area contributed by atoms with E-state index in [2.05, 4.69) is 52.1 Å². The number of phenolic OH excluding ortho intramolecular Hbond substituents is 1. The minimum Gasteiger partial charge on any atom is -0.508 e. The molecule has 4 fully saturated rings. The average Bonchev–Trinajstić information content (AvgIpc) is 2.84. The summed E-state index contributed by atoms with van der Waals surface area (Å²) in [6, 6.07) is 4.19. The highest BCUT2D eigenvalue weighted by atomic mass is 16.5. The zero-order valence-electron chi connectivity index (χ0n) is 25.1. The Bertz CT molecular complexity index is 1110. The second-order valence-electron chi connectivity index (χ2n) is 15.3. The summed E-state index contributed by atoms with van der Waals surface area (Å²) in [6.07, 6.45) is 17.4. The molecule has 1 aliphatic heterocycles. The van der Waals surface area contributed by atoms with Crippen molar-refractivity contribution < 1.29 is 14.6 Å². The van der Waals surface area contributed by atoms with Gasteiger partial charge in [0.05, 0.1) is 0 Å². The maximum atomic E-state index is 13.8. The number of phenols is 1. The number of benzene rings is 1. The average molecular weight is 534 g/mol. The van der Waals surface area contributed by atoms with E-state index in [1.165, 1.54) is 64.2 Å². The minimum atomic E-state index is -0.355. The lowest BCUT2D eigenvalue weighted by atomic mass is 9.53. The molecule has 2 N–H and O–H groups in total. The Hall–Kier alpha value is -1.97. The number of hydrogen-bond acceptors (Lipinski definition) is 3. The SMILES string of the molecule is CCCCCCC(C)(C)c1cc(O)c2c(c1)OC(C)(C)[C@@H]1CC=C(C(=O)NC34CC5CC(CC(C5)C3)C4)C[C@@H]21. The number of carbonyl (C=O) groups is 1. The number of hydrogen-bond donors (Lipinski definition) is 2. The van der Waals surface area contributed by atoms with Gasteiger partial charge in [-0.05, 0) is 112 Å². The summed E-state index contributed by atoms with van der Waals surface area (Å²) in [5.74, 6) is 4.07. The normalized spacial score (nSPS) is 34.1. The maximum Gasteiger partial charge on any atom is 0.247 e. The first-order valence-corrected chi connectivity index (χ1v) is 16.1. The van der Waals surface area contributed by atoms with Gasteiger partial charge in [-0.25, -0.2) is 0 Å². The Morgan fingerprint density at radius 1 is 1.05 bits per heavy atom. The lowest BCUT2D eigenvalue weighted by Gasteiger charge is -2.57. The van der Waals surface area contributed by atoms with Crippen LogP contribution >= 0.6 is 0 Å². The Labute approximate surface area is 236 Å². The summed E-state index contributed by atoms with van der Waals surface area (Å²) in [6.45, 7) is 11.2. The molecule has 1 amide bonds. The van der Waals surface area contributed by atoms with E-state index in [0.29, 0.717) is 12.2 Å². The zero-order valence-corrected chi connectivity index (χ0v) is 25.1. The first-order valence-electron chi connectivity index (χ1n) is 16.1. The first kappa shape index (κ1) is 27.2. The Morgan fingerprint density at radius 2 is 1.72 bits per heavy atom. The number of amides is 1. The number of aromatic hydroxyl groups is 1. The maximum absolute atomic E-state index is 13.8. The van der Waals surface area contributed by atoms with Gasteiger partial charge < -0.3 is 15.2 Å². The molecular weight excluding hydrogens is 482 g/mol. The number of ether oxygens (including phenoxy) is 1. The molecule has 0 unspecified atom stereocenters. The molecule has 5 aliphatic carbocycles. The molecule has 1 heterocycles. The van der Waals surface area contributed by atoms with Crippen LogP contribution in [0.1, 0.15) is 135 Å². The molecule has 6 aliphatic rings. The van der Waals surface area contributed by atoms with Crippen LogP contribution in [0.25, 0.3) is 0 Å². The fourth-order valence-corrected chi connectivity index (χ4v) is 9.69. The van der Waals surface area contributed by atoms with Crippen molar-refractivity contribution in [2.45, 2.75) is 141 Å². The minimum absolute atomic E-state index is 0.0239. The van der Waals surface area contributed by atoms with Gasteiger partial charge in [0.25, 0.3) is 0 Å². The van der Waals surface area contributed by atoms with Crippen LogP contribution in [0.5, 0.6) is 11.5 Å². The fraction of sp³-hybridized carbons (Fsp3) is 0.743. The topological polar surface area (TPSA) is 58.6 Å².